The molecular weight excluding hydrogens is 226 g/mol. The molecule has 1 fully saturated rings. The Kier molecular flexibility index (Phi) is 2.62. The van der Waals surface area contributed by atoms with Gasteiger partial charge in [0.25, 0.3) is 5.56 Å². The highest BCUT2D eigenvalue weighted by Crippen LogP contribution is 2.32. The molecule has 3 heteroatoms. The number of aryl methyl sites for hydroxylation is 1. The van der Waals surface area contributed by atoms with Gasteiger partial charge in [-0.3, -0.25) is 4.79 Å². The van der Waals surface area contributed by atoms with Crippen molar-refractivity contribution in [2.24, 2.45) is 0 Å². The van der Waals surface area contributed by atoms with E-state index >= 15 is 0 Å². The van der Waals surface area contributed by atoms with Crippen LogP contribution in [0.4, 0.5) is 0 Å². The van der Waals surface area contributed by atoms with Crippen LogP contribution in [0.5, 0.6) is 5.75 Å². The van der Waals surface area contributed by atoms with Crippen molar-refractivity contribution in [3.8, 4) is 5.75 Å². The zero-order chi connectivity index (χ0) is 12.7. The molecular formula is C15H17NO2. The van der Waals surface area contributed by atoms with Gasteiger partial charge in [-0.1, -0.05) is 6.07 Å². The average Bonchev–Trinajstić information content (AvgIpc) is 2.32. The third-order valence-electron chi connectivity index (χ3n) is 3.91. The van der Waals surface area contributed by atoms with Crippen LogP contribution in [-0.2, 0) is 0 Å². The normalized spacial score (nSPS) is 15.7. The molecule has 0 amide bonds. The molecule has 1 aromatic carbocycles. The summed E-state index contributed by atoms with van der Waals surface area (Å²) >= 11 is 0. The Morgan fingerprint density at radius 2 is 2.11 bits per heavy atom. The molecule has 0 spiro atoms. The SMILES string of the molecule is COc1cccc2c(=O)n(C3CCC3)cc(C)c12. The summed E-state index contributed by atoms with van der Waals surface area (Å²) < 4.78 is 7.26. The van der Waals surface area contributed by atoms with Crippen LogP contribution in [-0.4, -0.2) is 11.7 Å². The van der Waals surface area contributed by atoms with Crippen molar-refractivity contribution < 1.29 is 4.74 Å². The first kappa shape index (κ1) is 11.3. The van der Waals surface area contributed by atoms with Gasteiger partial charge in [0.2, 0.25) is 0 Å². The summed E-state index contributed by atoms with van der Waals surface area (Å²) in [5.41, 5.74) is 1.22. The van der Waals surface area contributed by atoms with Gasteiger partial charge >= 0.3 is 0 Å². The zero-order valence-electron chi connectivity index (χ0n) is 10.8. The Balaban J connectivity index is 2.32. The van der Waals surface area contributed by atoms with Crippen molar-refractivity contribution in [2.45, 2.75) is 32.2 Å². The monoisotopic (exact) mass is 243 g/mol. The van der Waals surface area contributed by atoms with Gasteiger partial charge in [-0.05, 0) is 43.9 Å². The third-order valence-corrected chi connectivity index (χ3v) is 3.91. The minimum Gasteiger partial charge on any atom is -0.496 e. The van der Waals surface area contributed by atoms with E-state index in [1.54, 1.807) is 7.11 Å². The molecule has 1 aliphatic carbocycles. The number of methoxy groups -OCH3 is 1. The number of rotatable bonds is 2. The van der Waals surface area contributed by atoms with E-state index in [-0.39, 0.29) is 5.56 Å². The molecule has 0 saturated heterocycles. The molecule has 0 N–H and O–H groups in total. The van der Waals surface area contributed by atoms with Gasteiger partial charge in [0.1, 0.15) is 5.75 Å². The number of hydrogen-bond acceptors (Lipinski definition) is 2. The number of nitrogens with zero attached hydrogens (tertiary/aromatic N) is 1. The molecule has 1 heterocycles. The van der Waals surface area contributed by atoms with Crippen molar-refractivity contribution in [3.05, 3.63) is 40.3 Å². The van der Waals surface area contributed by atoms with Gasteiger partial charge < -0.3 is 9.30 Å². The second kappa shape index (κ2) is 4.16. The molecule has 0 unspecified atom stereocenters. The lowest BCUT2D eigenvalue weighted by atomic mass is 9.92. The number of fused-ring (bicyclic) bond motifs is 1. The molecule has 1 aromatic heterocycles. The predicted octanol–water partition coefficient (Wildman–Crippen LogP) is 3.04. The minimum absolute atomic E-state index is 0.110. The van der Waals surface area contributed by atoms with E-state index in [2.05, 4.69) is 0 Å². The Bertz CT molecular complexity index is 653. The van der Waals surface area contributed by atoms with E-state index in [9.17, 15) is 4.79 Å². The maximum Gasteiger partial charge on any atom is 0.258 e. The van der Waals surface area contributed by atoms with Crippen LogP contribution in [0.2, 0.25) is 0 Å². The summed E-state index contributed by atoms with van der Waals surface area (Å²) in [5.74, 6) is 0.780. The molecule has 1 aliphatic rings. The molecule has 1 saturated carbocycles. The molecule has 0 aliphatic heterocycles. The highest BCUT2D eigenvalue weighted by Gasteiger charge is 2.22. The number of pyridine rings is 1. The summed E-state index contributed by atoms with van der Waals surface area (Å²) in [5, 5.41) is 1.71. The first-order valence-corrected chi connectivity index (χ1v) is 6.41. The Morgan fingerprint density at radius 1 is 1.33 bits per heavy atom. The lowest BCUT2D eigenvalue weighted by Crippen LogP contribution is -2.29. The highest BCUT2D eigenvalue weighted by molar-refractivity contribution is 5.90. The van der Waals surface area contributed by atoms with Gasteiger partial charge in [-0.15, -0.1) is 0 Å². The highest BCUT2D eigenvalue weighted by atomic mass is 16.5. The van der Waals surface area contributed by atoms with Gasteiger partial charge in [0, 0.05) is 17.6 Å². The first-order valence-electron chi connectivity index (χ1n) is 6.41. The molecule has 94 valence electrons. The molecule has 18 heavy (non-hydrogen) atoms. The zero-order valence-corrected chi connectivity index (χ0v) is 10.8. The maximum atomic E-state index is 12.5. The molecule has 2 aromatic rings. The summed E-state index contributed by atoms with van der Waals surface area (Å²) in [4.78, 5) is 12.5. The smallest absolute Gasteiger partial charge is 0.258 e. The topological polar surface area (TPSA) is 31.2 Å². The molecule has 0 bridgehead atoms. The van der Waals surface area contributed by atoms with E-state index in [0.29, 0.717) is 6.04 Å². The first-order chi connectivity index (χ1) is 8.72. The van der Waals surface area contributed by atoms with Crippen LogP contribution in [0.1, 0.15) is 30.9 Å². The number of ether oxygens (including phenoxy) is 1. The molecule has 3 nitrogen and oxygen atoms in total. The van der Waals surface area contributed by atoms with E-state index < -0.39 is 0 Å². The molecule has 0 atom stereocenters. The van der Waals surface area contributed by atoms with Crippen LogP contribution in [0.15, 0.2) is 29.2 Å². The standard InChI is InChI=1S/C15H17NO2/c1-10-9-16(11-5-3-6-11)15(17)12-7-4-8-13(18-2)14(10)12/h4,7-9,11H,3,5-6H2,1-2H3. The number of benzene rings is 1. The quantitative estimate of drug-likeness (QED) is 0.811. The summed E-state index contributed by atoms with van der Waals surface area (Å²) in [6.07, 6.45) is 5.45. The van der Waals surface area contributed by atoms with Crippen LogP contribution in [0.25, 0.3) is 10.8 Å². The van der Waals surface area contributed by atoms with Crippen molar-refractivity contribution in [1.29, 1.82) is 0 Å². The van der Waals surface area contributed by atoms with E-state index in [0.717, 1.165) is 34.9 Å². The second-order valence-corrected chi connectivity index (χ2v) is 4.99. The van der Waals surface area contributed by atoms with Crippen LogP contribution in [0.3, 0.4) is 0 Å². The van der Waals surface area contributed by atoms with Crippen LogP contribution >= 0.6 is 0 Å². The summed E-state index contributed by atoms with van der Waals surface area (Å²) in [7, 11) is 1.64. The Hall–Kier alpha value is -1.77. The lowest BCUT2D eigenvalue weighted by Gasteiger charge is -2.28. The van der Waals surface area contributed by atoms with E-state index in [1.165, 1.54) is 6.42 Å². The van der Waals surface area contributed by atoms with E-state index in [1.807, 2.05) is 35.9 Å². The minimum atomic E-state index is 0.110. The van der Waals surface area contributed by atoms with Crippen molar-refractivity contribution in [2.75, 3.05) is 7.11 Å². The van der Waals surface area contributed by atoms with Gasteiger partial charge in [0.15, 0.2) is 0 Å². The lowest BCUT2D eigenvalue weighted by molar-refractivity contribution is 0.307. The average molecular weight is 243 g/mol. The largest absolute Gasteiger partial charge is 0.496 e. The second-order valence-electron chi connectivity index (χ2n) is 4.99. The summed E-state index contributed by atoms with van der Waals surface area (Å²) in [6, 6.07) is 6.07. The predicted molar refractivity (Wildman–Crippen MR) is 72.4 cm³/mol. The third kappa shape index (κ3) is 1.54. The van der Waals surface area contributed by atoms with Crippen molar-refractivity contribution in [3.63, 3.8) is 0 Å². The fraction of sp³-hybridized carbons (Fsp3) is 0.400. The van der Waals surface area contributed by atoms with Crippen LogP contribution in [0, 0.1) is 6.92 Å². The number of hydrogen-bond donors (Lipinski definition) is 0. The van der Waals surface area contributed by atoms with Gasteiger partial charge in [-0.25, -0.2) is 0 Å². The maximum absolute atomic E-state index is 12.5. The number of aromatic nitrogens is 1. The Morgan fingerprint density at radius 3 is 2.72 bits per heavy atom. The molecule has 0 radical (unpaired) electrons. The fourth-order valence-corrected chi connectivity index (χ4v) is 2.69. The van der Waals surface area contributed by atoms with Crippen molar-refractivity contribution >= 4 is 10.8 Å². The van der Waals surface area contributed by atoms with Crippen molar-refractivity contribution in [1.82, 2.24) is 4.57 Å². The van der Waals surface area contributed by atoms with Gasteiger partial charge in [-0.2, -0.15) is 0 Å². The van der Waals surface area contributed by atoms with E-state index in [4.69, 9.17) is 4.74 Å². The van der Waals surface area contributed by atoms with Gasteiger partial charge in [0.05, 0.1) is 12.5 Å². The summed E-state index contributed by atoms with van der Waals surface area (Å²) in [6.45, 7) is 2.04. The molecule has 3 rings (SSSR count). The van der Waals surface area contributed by atoms with Crippen LogP contribution < -0.4 is 10.3 Å². The fourth-order valence-electron chi connectivity index (χ4n) is 2.69. The Labute approximate surface area is 106 Å².